The van der Waals surface area contributed by atoms with Crippen LogP contribution in [0.3, 0.4) is 0 Å². The Labute approximate surface area is 171 Å². The first kappa shape index (κ1) is 22.0. The summed E-state index contributed by atoms with van der Waals surface area (Å²) in [5.41, 5.74) is 2.73. The summed E-state index contributed by atoms with van der Waals surface area (Å²) >= 11 is 0. The molecule has 0 fully saturated rings. The number of halogens is 1. The lowest BCUT2D eigenvalue weighted by Crippen LogP contribution is -2.29. The molecule has 29 heavy (non-hydrogen) atoms. The first-order valence-corrected chi connectivity index (χ1v) is 9.57. The maximum atomic E-state index is 13.2. The van der Waals surface area contributed by atoms with E-state index in [1.54, 1.807) is 6.07 Å². The van der Waals surface area contributed by atoms with Crippen LogP contribution in [0.5, 0.6) is 5.75 Å². The first-order valence-electron chi connectivity index (χ1n) is 9.57. The van der Waals surface area contributed by atoms with Gasteiger partial charge in [0.2, 0.25) is 0 Å². The monoisotopic (exact) mass is 395 g/mol. The predicted octanol–water partition coefficient (Wildman–Crippen LogP) is 3.95. The Morgan fingerprint density at radius 2 is 2.10 bits per heavy atom. The van der Waals surface area contributed by atoms with E-state index < -0.39 is 5.91 Å². The van der Waals surface area contributed by atoms with E-state index in [-0.39, 0.29) is 17.4 Å². The van der Waals surface area contributed by atoms with Gasteiger partial charge in [-0.3, -0.25) is 4.79 Å². The number of aryl methyl sites for hydroxylation is 1. The van der Waals surface area contributed by atoms with Gasteiger partial charge in [0, 0.05) is 18.3 Å². The van der Waals surface area contributed by atoms with Gasteiger partial charge in [-0.05, 0) is 51.0 Å². The van der Waals surface area contributed by atoms with E-state index >= 15 is 0 Å². The van der Waals surface area contributed by atoms with Crippen LogP contribution in [0.4, 0.5) is 4.39 Å². The molecule has 0 saturated heterocycles. The van der Waals surface area contributed by atoms with Crippen LogP contribution < -0.4 is 15.4 Å². The Hall–Kier alpha value is -3.33. The molecule has 2 aromatic rings. The fourth-order valence-electron chi connectivity index (χ4n) is 2.88. The third-order valence-corrected chi connectivity index (χ3v) is 4.34. The highest BCUT2D eigenvalue weighted by atomic mass is 19.1. The van der Waals surface area contributed by atoms with Gasteiger partial charge in [0.1, 0.15) is 23.2 Å². The Balaban J connectivity index is 1.97. The third-order valence-electron chi connectivity index (χ3n) is 4.34. The van der Waals surface area contributed by atoms with Crippen molar-refractivity contribution < 1.29 is 13.9 Å². The lowest BCUT2D eigenvalue weighted by Gasteiger charge is -2.18. The Morgan fingerprint density at radius 1 is 1.31 bits per heavy atom. The minimum absolute atomic E-state index is 0.0262. The first-order chi connectivity index (χ1) is 13.9. The molecular formula is C23H26FN3O2. The van der Waals surface area contributed by atoms with Gasteiger partial charge in [-0.25, -0.2) is 4.39 Å². The molecule has 2 N–H and O–H groups in total. The van der Waals surface area contributed by atoms with Crippen LogP contribution in [-0.4, -0.2) is 19.1 Å². The molecule has 0 aliphatic rings. The van der Waals surface area contributed by atoms with Crippen LogP contribution in [0.15, 0.2) is 54.2 Å². The molecule has 0 radical (unpaired) electrons. The fraction of sp³-hybridized carbons (Fsp3) is 0.304. The Kier molecular flexibility index (Phi) is 8.23. The van der Waals surface area contributed by atoms with E-state index in [1.807, 2.05) is 51.1 Å². The molecule has 6 heteroatoms. The SMILES string of the molecule is CCOc1ccc(C)cc1C(C)NC(=O)/C(C#N)=C\NCCc1cccc(F)c1. The summed E-state index contributed by atoms with van der Waals surface area (Å²) in [5, 5.41) is 15.1. The molecular weight excluding hydrogens is 369 g/mol. The van der Waals surface area contributed by atoms with Gasteiger partial charge < -0.3 is 15.4 Å². The number of ether oxygens (including phenoxy) is 1. The van der Waals surface area contributed by atoms with Gasteiger partial charge in [0.05, 0.1) is 12.6 Å². The summed E-state index contributed by atoms with van der Waals surface area (Å²) in [5.74, 6) is -0.0458. The zero-order chi connectivity index (χ0) is 21.2. The van der Waals surface area contributed by atoms with Crippen molar-refractivity contribution in [3.63, 3.8) is 0 Å². The van der Waals surface area contributed by atoms with Crippen molar-refractivity contribution in [3.8, 4) is 11.8 Å². The van der Waals surface area contributed by atoms with E-state index in [1.165, 1.54) is 18.3 Å². The van der Waals surface area contributed by atoms with Crippen molar-refractivity contribution in [2.45, 2.75) is 33.2 Å². The van der Waals surface area contributed by atoms with Crippen molar-refractivity contribution in [3.05, 3.63) is 76.7 Å². The van der Waals surface area contributed by atoms with Gasteiger partial charge in [-0.1, -0.05) is 29.8 Å². The number of hydrogen-bond donors (Lipinski definition) is 2. The highest BCUT2D eigenvalue weighted by Crippen LogP contribution is 2.26. The quantitative estimate of drug-likeness (QED) is 0.383. The largest absolute Gasteiger partial charge is 0.494 e. The molecule has 0 aliphatic carbocycles. The molecule has 152 valence electrons. The zero-order valence-electron chi connectivity index (χ0n) is 17.0. The van der Waals surface area contributed by atoms with Crippen LogP contribution in [0.25, 0.3) is 0 Å². The maximum absolute atomic E-state index is 13.2. The second-order valence-electron chi connectivity index (χ2n) is 6.67. The van der Waals surface area contributed by atoms with E-state index in [9.17, 15) is 14.4 Å². The van der Waals surface area contributed by atoms with E-state index in [0.717, 1.165) is 16.7 Å². The Morgan fingerprint density at radius 3 is 2.79 bits per heavy atom. The standard InChI is InChI=1S/C23H26FN3O2/c1-4-29-22-9-8-16(2)12-21(22)17(3)27-23(28)19(14-25)15-26-11-10-18-6-5-7-20(24)13-18/h5-9,12-13,15,17,26H,4,10-11H2,1-3H3,(H,27,28)/b19-15-. The fourth-order valence-corrected chi connectivity index (χ4v) is 2.88. The minimum Gasteiger partial charge on any atom is -0.494 e. The molecule has 5 nitrogen and oxygen atoms in total. The lowest BCUT2D eigenvalue weighted by molar-refractivity contribution is -0.117. The van der Waals surface area contributed by atoms with Crippen LogP contribution in [0.2, 0.25) is 0 Å². The summed E-state index contributed by atoms with van der Waals surface area (Å²) in [6.45, 7) is 6.72. The van der Waals surface area contributed by atoms with Gasteiger partial charge >= 0.3 is 0 Å². The van der Waals surface area contributed by atoms with Crippen molar-refractivity contribution in [1.29, 1.82) is 5.26 Å². The average Bonchev–Trinajstić information content (AvgIpc) is 2.69. The number of benzene rings is 2. The molecule has 0 heterocycles. The molecule has 0 saturated carbocycles. The van der Waals surface area contributed by atoms with Crippen LogP contribution in [0.1, 0.15) is 36.6 Å². The minimum atomic E-state index is -0.470. The van der Waals surface area contributed by atoms with E-state index in [2.05, 4.69) is 10.6 Å². The second-order valence-corrected chi connectivity index (χ2v) is 6.67. The highest BCUT2D eigenvalue weighted by Gasteiger charge is 2.17. The second kappa shape index (κ2) is 10.9. The number of nitrogens with zero attached hydrogens (tertiary/aromatic N) is 1. The molecule has 0 aliphatic heterocycles. The van der Waals surface area contributed by atoms with Crippen LogP contribution in [-0.2, 0) is 11.2 Å². The predicted molar refractivity (Wildman–Crippen MR) is 111 cm³/mol. The number of rotatable bonds is 9. The van der Waals surface area contributed by atoms with Crippen LogP contribution >= 0.6 is 0 Å². The number of amides is 1. The molecule has 0 spiro atoms. The number of carbonyl (C=O) groups excluding carboxylic acids is 1. The van der Waals surface area contributed by atoms with Gasteiger partial charge in [-0.2, -0.15) is 5.26 Å². The number of hydrogen-bond acceptors (Lipinski definition) is 4. The van der Waals surface area contributed by atoms with Crippen molar-refractivity contribution in [1.82, 2.24) is 10.6 Å². The normalized spacial score (nSPS) is 12.0. The molecule has 0 bridgehead atoms. The van der Waals surface area contributed by atoms with Gasteiger partial charge in [0.25, 0.3) is 5.91 Å². The summed E-state index contributed by atoms with van der Waals surface area (Å²) in [6.07, 6.45) is 1.97. The number of carbonyl (C=O) groups is 1. The van der Waals surface area contributed by atoms with Crippen molar-refractivity contribution >= 4 is 5.91 Å². The third kappa shape index (κ3) is 6.65. The highest BCUT2D eigenvalue weighted by molar-refractivity contribution is 5.97. The zero-order valence-corrected chi connectivity index (χ0v) is 17.0. The lowest BCUT2D eigenvalue weighted by atomic mass is 10.0. The maximum Gasteiger partial charge on any atom is 0.263 e. The summed E-state index contributed by atoms with van der Waals surface area (Å²) in [7, 11) is 0. The summed E-state index contributed by atoms with van der Waals surface area (Å²) in [6, 6.07) is 13.7. The average molecular weight is 395 g/mol. The summed E-state index contributed by atoms with van der Waals surface area (Å²) < 4.78 is 18.8. The molecule has 0 aromatic heterocycles. The number of nitrogens with one attached hydrogen (secondary N) is 2. The molecule has 1 atom stereocenters. The van der Waals surface area contributed by atoms with Crippen molar-refractivity contribution in [2.24, 2.45) is 0 Å². The van der Waals surface area contributed by atoms with E-state index in [0.29, 0.717) is 25.3 Å². The van der Waals surface area contributed by atoms with Gasteiger partial charge in [0.15, 0.2) is 0 Å². The topological polar surface area (TPSA) is 74.1 Å². The molecule has 2 aromatic carbocycles. The smallest absolute Gasteiger partial charge is 0.263 e. The molecule has 2 rings (SSSR count). The van der Waals surface area contributed by atoms with Crippen LogP contribution in [0, 0.1) is 24.1 Å². The van der Waals surface area contributed by atoms with Crippen molar-refractivity contribution in [2.75, 3.05) is 13.2 Å². The number of nitriles is 1. The van der Waals surface area contributed by atoms with E-state index in [4.69, 9.17) is 4.74 Å². The van der Waals surface area contributed by atoms with Gasteiger partial charge in [-0.15, -0.1) is 0 Å². The molecule has 1 unspecified atom stereocenters. The Bertz CT molecular complexity index is 919. The molecule has 1 amide bonds. The summed E-state index contributed by atoms with van der Waals surface area (Å²) in [4.78, 5) is 12.5.